The smallest absolute Gasteiger partial charge is 0.269 e. The van der Waals surface area contributed by atoms with Gasteiger partial charge < -0.3 is 10.2 Å². The summed E-state index contributed by atoms with van der Waals surface area (Å²) < 4.78 is 0. The van der Waals surface area contributed by atoms with Gasteiger partial charge in [-0.2, -0.15) is 0 Å². The number of nitrogens with one attached hydrogen (secondary N) is 1. The number of carbonyl (C=O) groups excluding carboxylic acids is 1. The average Bonchev–Trinajstić information content (AvgIpc) is 2.94. The van der Waals surface area contributed by atoms with Gasteiger partial charge in [0.1, 0.15) is 0 Å². The van der Waals surface area contributed by atoms with Crippen molar-refractivity contribution in [2.24, 2.45) is 5.92 Å². The Morgan fingerprint density at radius 2 is 2.24 bits per heavy atom. The molecule has 0 aromatic heterocycles. The summed E-state index contributed by atoms with van der Waals surface area (Å²) in [6.45, 7) is 4.36. The summed E-state index contributed by atoms with van der Waals surface area (Å²) in [5.41, 5.74) is 1.28. The van der Waals surface area contributed by atoms with Crippen LogP contribution in [0.1, 0.15) is 28.8 Å². The number of nitro groups is 1. The molecule has 0 radical (unpaired) electrons. The number of carbonyl (C=O) groups is 1. The van der Waals surface area contributed by atoms with E-state index in [0.717, 1.165) is 26.1 Å². The van der Waals surface area contributed by atoms with Crippen LogP contribution in [-0.4, -0.2) is 41.4 Å². The molecule has 1 aromatic carbocycles. The minimum Gasteiger partial charge on any atom is -0.334 e. The molecule has 21 heavy (non-hydrogen) atoms. The normalized spacial score (nSPS) is 24.7. The predicted octanol–water partition coefficient (Wildman–Crippen LogP) is 1.73. The molecule has 1 N–H and O–H groups in total. The maximum absolute atomic E-state index is 12.8. The van der Waals surface area contributed by atoms with Crippen LogP contribution >= 0.6 is 0 Å². The lowest BCUT2D eigenvalue weighted by Crippen LogP contribution is -2.48. The van der Waals surface area contributed by atoms with E-state index in [1.54, 1.807) is 13.0 Å². The molecule has 3 rings (SSSR count). The topological polar surface area (TPSA) is 75.5 Å². The summed E-state index contributed by atoms with van der Waals surface area (Å²) >= 11 is 0. The van der Waals surface area contributed by atoms with E-state index in [1.165, 1.54) is 18.6 Å². The van der Waals surface area contributed by atoms with E-state index in [2.05, 4.69) is 5.32 Å². The maximum atomic E-state index is 12.8. The zero-order valence-electron chi connectivity index (χ0n) is 12.0. The monoisotopic (exact) mass is 289 g/mol. The van der Waals surface area contributed by atoms with Crippen LogP contribution in [0.4, 0.5) is 5.69 Å². The molecule has 1 aromatic rings. The molecule has 0 spiro atoms. The van der Waals surface area contributed by atoms with Crippen LogP contribution in [0.25, 0.3) is 0 Å². The third-order valence-electron chi connectivity index (χ3n) is 4.59. The Morgan fingerprint density at radius 1 is 1.43 bits per heavy atom. The fourth-order valence-electron chi connectivity index (χ4n) is 3.48. The predicted molar refractivity (Wildman–Crippen MR) is 78.3 cm³/mol. The number of fused-ring (bicyclic) bond motifs is 1. The van der Waals surface area contributed by atoms with Gasteiger partial charge in [-0.1, -0.05) is 0 Å². The van der Waals surface area contributed by atoms with Crippen LogP contribution in [-0.2, 0) is 0 Å². The summed E-state index contributed by atoms with van der Waals surface area (Å²) in [4.78, 5) is 25.1. The number of nitro benzene ring substituents is 1. The van der Waals surface area contributed by atoms with Crippen molar-refractivity contribution in [3.05, 3.63) is 39.4 Å². The van der Waals surface area contributed by atoms with Gasteiger partial charge in [-0.15, -0.1) is 0 Å². The molecule has 2 atom stereocenters. The van der Waals surface area contributed by atoms with Crippen molar-refractivity contribution >= 4 is 11.6 Å². The van der Waals surface area contributed by atoms with Crippen LogP contribution in [0, 0.1) is 23.0 Å². The second kappa shape index (κ2) is 5.44. The number of benzene rings is 1. The molecule has 2 aliphatic rings. The molecule has 0 bridgehead atoms. The summed E-state index contributed by atoms with van der Waals surface area (Å²) in [6.07, 6.45) is 2.20. The van der Waals surface area contributed by atoms with Gasteiger partial charge in [-0.05, 0) is 37.3 Å². The molecule has 6 heteroatoms. The highest BCUT2D eigenvalue weighted by Crippen LogP contribution is 2.28. The first-order chi connectivity index (χ1) is 10.1. The van der Waals surface area contributed by atoms with Crippen molar-refractivity contribution < 1.29 is 9.72 Å². The fourth-order valence-corrected chi connectivity index (χ4v) is 3.48. The Balaban J connectivity index is 1.86. The molecule has 2 aliphatic heterocycles. The van der Waals surface area contributed by atoms with E-state index >= 15 is 0 Å². The van der Waals surface area contributed by atoms with Crippen molar-refractivity contribution in [2.75, 3.05) is 19.6 Å². The second-order valence-corrected chi connectivity index (χ2v) is 5.88. The van der Waals surface area contributed by atoms with Crippen molar-refractivity contribution in [2.45, 2.75) is 25.8 Å². The Morgan fingerprint density at radius 3 is 2.95 bits per heavy atom. The molecule has 2 fully saturated rings. The first kappa shape index (κ1) is 14.0. The van der Waals surface area contributed by atoms with Crippen molar-refractivity contribution in [3.63, 3.8) is 0 Å². The molecular weight excluding hydrogens is 270 g/mol. The van der Waals surface area contributed by atoms with E-state index < -0.39 is 4.92 Å². The summed E-state index contributed by atoms with van der Waals surface area (Å²) in [6, 6.07) is 4.73. The molecule has 6 nitrogen and oxygen atoms in total. The number of hydrogen-bond donors (Lipinski definition) is 1. The third kappa shape index (κ3) is 2.51. The fraction of sp³-hybridized carbons (Fsp3) is 0.533. The number of aryl methyl sites for hydroxylation is 1. The van der Waals surface area contributed by atoms with Crippen LogP contribution < -0.4 is 5.32 Å². The number of hydrogen-bond acceptors (Lipinski definition) is 4. The van der Waals surface area contributed by atoms with E-state index in [9.17, 15) is 14.9 Å². The van der Waals surface area contributed by atoms with Gasteiger partial charge in [0.2, 0.25) is 0 Å². The molecular formula is C15H19N3O3. The van der Waals surface area contributed by atoms with Gasteiger partial charge in [0.15, 0.2) is 0 Å². The van der Waals surface area contributed by atoms with Gasteiger partial charge >= 0.3 is 0 Å². The number of non-ortho nitro benzene ring substituents is 1. The van der Waals surface area contributed by atoms with Gasteiger partial charge in [0.05, 0.1) is 4.92 Å². The molecule has 2 unspecified atom stereocenters. The Hall–Kier alpha value is -1.95. The van der Waals surface area contributed by atoms with Gasteiger partial charge in [0, 0.05) is 43.4 Å². The molecule has 0 aliphatic carbocycles. The Kier molecular flexibility index (Phi) is 3.63. The molecule has 2 saturated heterocycles. The first-order valence-electron chi connectivity index (χ1n) is 7.34. The van der Waals surface area contributed by atoms with Crippen molar-refractivity contribution in [1.29, 1.82) is 0 Å². The first-order valence-corrected chi connectivity index (χ1v) is 7.34. The highest BCUT2D eigenvalue weighted by Gasteiger charge is 2.37. The standard InChI is InChI=1S/C15H19N3O3/c1-10-7-12(18(20)21)4-5-13(10)15(19)17-6-2-3-11-8-16-9-14(11)17/h4-5,7,11,14,16H,2-3,6,8-9H2,1H3. The zero-order chi connectivity index (χ0) is 15.0. The highest BCUT2D eigenvalue weighted by molar-refractivity contribution is 5.96. The molecule has 112 valence electrons. The number of piperidine rings is 1. The summed E-state index contributed by atoms with van der Waals surface area (Å²) in [5, 5.41) is 14.1. The quantitative estimate of drug-likeness (QED) is 0.664. The van der Waals surface area contributed by atoms with E-state index in [0.29, 0.717) is 17.0 Å². The van der Waals surface area contributed by atoms with Crippen LogP contribution in [0.5, 0.6) is 0 Å². The summed E-state index contributed by atoms with van der Waals surface area (Å²) in [5.74, 6) is 0.543. The molecule has 1 amide bonds. The number of rotatable bonds is 2. The third-order valence-corrected chi connectivity index (χ3v) is 4.59. The minimum atomic E-state index is -0.431. The molecule has 0 saturated carbocycles. The Bertz CT molecular complexity index is 588. The van der Waals surface area contributed by atoms with Crippen molar-refractivity contribution in [3.8, 4) is 0 Å². The lowest BCUT2D eigenvalue weighted by molar-refractivity contribution is -0.384. The zero-order valence-corrected chi connectivity index (χ0v) is 12.0. The summed E-state index contributed by atoms with van der Waals surface area (Å²) in [7, 11) is 0. The molecule has 2 heterocycles. The maximum Gasteiger partial charge on any atom is 0.269 e. The average molecular weight is 289 g/mol. The van der Waals surface area contributed by atoms with E-state index in [1.807, 2.05) is 4.90 Å². The van der Waals surface area contributed by atoms with E-state index in [-0.39, 0.29) is 17.6 Å². The van der Waals surface area contributed by atoms with Gasteiger partial charge in [-0.3, -0.25) is 14.9 Å². The SMILES string of the molecule is Cc1cc([N+](=O)[O-])ccc1C(=O)N1CCCC2CNCC21. The van der Waals surface area contributed by atoms with Crippen LogP contribution in [0.3, 0.4) is 0 Å². The van der Waals surface area contributed by atoms with Gasteiger partial charge in [-0.25, -0.2) is 0 Å². The number of likely N-dealkylation sites (tertiary alicyclic amines) is 1. The lowest BCUT2D eigenvalue weighted by Gasteiger charge is -2.37. The van der Waals surface area contributed by atoms with Crippen LogP contribution in [0.15, 0.2) is 18.2 Å². The number of nitrogens with zero attached hydrogens (tertiary/aromatic N) is 2. The van der Waals surface area contributed by atoms with Gasteiger partial charge in [0.25, 0.3) is 11.6 Å². The Labute approximate surface area is 123 Å². The van der Waals surface area contributed by atoms with E-state index in [4.69, 9.17) is 0 Å². The van der Waals surface area contributed by atoms with Crippen molar-refractivity contribution in [1.82, 2.24) is 10.2 Å². The number of amides is 1. The lowest BCUT2D eigenvalue weighted by atomic mass is 9.91. The highest BCUT2D eigenvalue weighted by atomic mass is 16.6. The van der Waals surface area contributed by atoms with Crippen LogP contribution in [0.2, 0.25) is 0 Å². The largest absolute Gasteiger partial charge is 0.334 e. The minimum absolute atomic E-state index is 0.000739. The second-order valence-electron chi connectivity index (χ2n) is 5.88.